The van der Waals surface area contributed by atoms with Gasteiger partial charge in [-0.3, -0.25) is 9.69 Å². The van der Waals surface area contributed by atoms with Crippen LogP contribution in [-0.4, -0.2) is 40.8 Å². The monoisotopic (exact) mass is 318 g/mol. The molecule has 0 amide bonds. The molecule has 1 aliphatic rings. The van der Waals surface area contributed by atoms with Crippen LogP contribution in [0.15, 0.2) is 35.7 Å². The summed E-state index contributed by atoms with van der Waals surface area (Å²) in [6, 6.07) is 9.84. The van der Waals surface area contributed by atoms with Crippen molar-refractivity contribution in [2.45, 2.75) is 12.5 Å². The van der Waals surface area contributed by atoms with Crippen molar-refractivity contribution in [1.29, 1.82) is 0 Å². The van der Waals surface area contributed by atoms with Crippen LogP contribution in [0, 0.1) is 0 Å². The average molecular weight is 318 g/mol. The van der Waals surface area contributed by atoms with E-state index in [0.717, 1.165) is 28.6 Å². The first-order valence-corrected chi connectivity index (χ1v) is 9.08. The lowest BCUT2D eigenvalue weighted by Crippen LogP contribution is -2.32. The number of benzene rings is 1. The molecular formula is C16H18N2OS2. The normalized spacial score (nSPS) is 19.6. The van der Waals surface area contributed by atoms with Crippen LogP contribution in [0.4, 0.5) is 0 Å². The molecule has 0 bridgehead atoms. The van der Waals surface area contributed by atoms with E-state index in [1.165, 1.54) is 5.75 Å². The van der Waals surface area contributed by atoms with E-state index in [-0.39, 0.29) is 5.78 Å². The molecule has 1 aliphatic heterocycles. The summed E-state index contributed by atoms with van der Waals surface area (Å²) in [6.07, 6.45) is 0.393. The zero-order valence-corrected chi connectivity index (χ0v) is 13.6. The number of hydrogen-bond donors (Lipinski definition) is 0. The fourth-order valence-corrected chi connectivity index (χ4v) is 4.70. The second-order valence-corrected chi connectivity index (χ2v) is 7.25. The summed E-state index contributed by atoms with van der Waals surface area (Å²) in [5.74, 6) is 2.42. The molecule has 2 heterocycles. The van der Waals surface area contributed by atoms with E-state index >= 15 is 0 Å². The van der Waals surface area contributed by atoms with Gasteiger partial charge in [0.15, 0.2) is 5.78 Å². The lowest BCUT2D eigenvalue weighted by Gasteiger charge is -2.30. The van der Waals surface area contributed by atoms with E-state index in [2.05, 4.69) is 11.9 Å². The van der Waals surface area contributed by atoms with Crippen LogP contribution in [0.1, 0.15) is 27.1 Å². The molecule has 1 aromatic heterocycles. The largest absolute Gasteiger partial charge is 0.296 e. The van der Waals surface area contributed by atoms with Gasteiger partial charge >= 0.3 is 0 Å². The third kappa shape index (κ3) is 3.54. The molecule has 0 spiro atoms. The van der Waals surface area contributed by atoms with Gasteiger partial charge < -0.3 is 0 Å². The Hall–Kier alpha value is -1.17. The Kier molecular flexibility index (Phi) is 4.73. The molecule has 3 rings (SSSR count). The number of nitrogens with zero attached hydrogens (tertiary/aromatic N) is 2. The van der Waals surface area contributed by atoms with Crippen LogP contribution in [0.3, 0.4) is 0 Å². The molecule has 5 heteroatoms. The summed E-state index contributed by atoms with van der Waals surface area (Å²) in [7, 11) is 2.15. The molecule has 0 radical (unpaired) electrons. The van der Waals surface area contributed by atoms with E-state index in [1.807, 2.05) is 47.5 Å². The maximum Gasteiger partial charge on any atom is 0.168 e. The van der Waals surface area contributed by atoms with Gasteiger partial charge in [0.05, 0.1) is 18.2 Å². The van der Waals surface area contributed by atoms with Gasteiger partial charge in [-0.2, -0.15) is 11.8 Å². The maximum absolute atomic E-state index is 12.2. The Bertz CT molecular complexity index is 612. The number of Topliss-reactive ketones (excluding diaryl/α,β-unsaturated/α-hetero) is 1. The van der Waals surface area contributed by atoms with Gasteiger partial charge in [0.2, 0.25) is 0 Å². The van der Waals surface area contributed by atoms with Crippen LogP contribution in [0.2, 0.25) is 0 Å². The second-order valence-electron chi connectivity index (χ2n) is 5.21. The van der Waals surface area contributed by atoms with Crippen molar-refractivity contribution >= 4 is 28.9 Å². The van der Waals surface area contributed by atoms with E-state index < -0.39 is 0 Å². The Morgan fingerprint density at radius 1 is 1.38 bits per heavy atom. The minimum Gasteiger partial charge on any atom is -0.296 e. The number of hydrogen-bond acceptors (Lipinski definition) is 5. The van der Waals surface area contributed by atoms with Crippen molar-refractivity contribution in [3.8, 4) is 0 Å². The van der Waals surface area contributed by atoms with Crippen LogP contribution in [0.5, 0.6) is 0 Å². The summed E-state index contributed by atoms with van der Waals surface area (Å²) in [6.45, 7) is 1.10. The van der Waals surface area contributed by atoms with Gasteiger partial charge in [-0.1, -0.05) is 30.3 Å². The fraction of sp³-hybridized carbons (Fsp3) is 0.375. The third-order valence-electron chi connectivity index (χ3n) is 3.69. The number of rotatable bonds is 4. The highest BCUT2D eigenvalue weighted by atomic mass is 32.2. The molecule has 21 heavy (non-hydrogen) atoms. The predicted molar refractivity (Wildman–Crippen MR) is 89.3 cm³/mol. The van der Waals surface area contributed by atoms with E-state index in [9.17, 15) is 4.79 Å². The molecule has 1 unspecified atom stereocenters. The molecule has 0 aliphatic carbocycles. The Morgan fingerprint density at radius 2 is 2.19 bits per heavy atom. The van der Waals surface area contributed by atoms with Crippen molar-refractivity contribution < 1.29 is 4.79 Å². The maximum atomic E-state index is 12.2. The van der Waals surface area contributed by atoms with Crippen molar-refractivity contribution in [1.82, 2.24) is 9.88 Å². The Balaban J connectivity index is 1.69. The molecule has 1 fully saturated rings. The first-order chi connectivity index (χ1) is 10.2. The molecule has 0 saturated carbocycles. The van der Waals surface area contributed by atoms with Crippen LogP contribution in [0.25, 0.3) is 0 Å². The average Bonchev–Trinajstić information content (AvgIpc) is 2.97. The minimum atomic E-state index is 0.138. The fourth-order valence-electron chi connectivity index (χ4n) is 2.39. The van der Waals surface area contributed by atoms with E-state index in [4.69, 9.17) is 4.98 Å². The number of carbonyl (C=O) groups is 1. The molecule has 2 aromatic rings. The smallest absolute Gasteiger partial charge is 0.168 e. The van der Waals surface area contributed by atoms with E-state index in [1.54, 1.807) is 11.3 Å². The number of aromatic nitrogens is 1. The summed E-state index contributed by atoms with van der Waals surface area (Å²) in [4.78, 5) is 19.3. The van der Waals surface area contributed by atoms with Crippen LogP contribution < -0.4 is 0 Å². The summed E-state index contributed by atoms with van der Waals surface area (Å²) in [5.41, 5.74) is 1.66. The first-order valence-electron chi connectivity index (χ1n) is 7.04. The molecule has 1 saturated heterocycles. The summed E-state index contributed by atoms with van der Waals surface area (Å²) in [5, 5.41) is 3.17. The molecule has 110 valence electrons. The Labute approximate surface area is 133 Å². The molecule has 1 aromatic carbocycles. The SMILES string of the molecule is CN1CCSCC1c1nc(CC(=O)c2ccccc2)cs1. The van der Waals surface area contributed by atoms with Crippen molar-refractivity contribution in [3.63, 3.8) is 0 Å². The highest BCUT2D eigenvalue weighted by Crippen LogP contribution is 2.30. The molecule has 0 N–H and O–H groups in total. The number of thioether (sulfide) groups is 1. The number of ketones is 1. The highest BCUT2D eigenvalue weighted by Gasteiger charge is 2.24. The zero-order chi connectivity index (χ0) is 14.7. The number of carbonyl (C=O) groups excluding carboxylic acids is 1. The third-order valence-corrected chi connectivity index (χ3v) is 5.71. The quantitative estimate of drug-likeness (QED) is 0.810. The van der Waals surface area contributed by atoms with Crippen molar-refractivity contribution in [2.75, 3.05) is 25.1 Å². The zero-order valence-electron chi connectivity index (χ0n) is 12.0. The molecular weight excluding hydrogens is 300 g/mol. The van der Waals surface area contributed by atoms with Crippen molar-refractivity contribution in [2.24, 2.45) is 0 Å². The van der Waals surface area contributed by atoms with Gasteiger partial charge in [0.1, 0.15) is 5.01 Å². The van der Waals surface area contributed by atoms with Gasteiger partial charge in [-0.25, -0.2) is 4.98 Å². The highest BCUT2D eigenvalue weighted by molar-refractivity contribution is 7.99. The first kappa shape index (κ1) is 14.8. The topological polar surface area (TPSA) is 33.2 Å². The number of thiazole rings is 1. The lowest BCUT2D eigenvalue weighted by molar-refractivity contribution is 0.0992. The van der Waals surface area contributed by atoms with Crippen LogP contribution >= 0.6 is 23.1 Å². The van der Waals surface area contributed by atoms with Gasteiger partial charge in [-0.15, -0.1) is 11.3 Å². The van der Waals surface area contributed by atoms with Crippen LogP contribution in [-0.2, 0) is 6.42 Å². The predicted octanol–water partition coefficient (Wildman–Crippen LogP) is 3.29. The van der Waals surface area contributed by atoms with Gasteiger partial charge in [0.25, 0.3) is 0 Å². The second kappa shape index (κ2) is 6.73. The van der Waals surface area contributed by atoms with Gasteiger partial charge in [-0.05, 0) is 7.05 Å². The Morgan fingerprint density at radius 3 is 2.95 bits per heavy atom. The molecule has 3 nitrogen and oxygen atoms in total. The van der Waals surface area contributed by atoms with Gasteiger partial charge in [0, 0.05) is 29.0 Å². The standard InChI is InChI=1S/C16H18N2OS2/c1-18-7-8-20-11-14(18)16-17-13(10-21-16)9-15(19)12-5-3-2-4-6-12/h2-6,10,14H,7-9,11H2,1H3. The molecule has 1 atom stereocenters. The minimum absolute atomic E-state index is 0.138. The van der Waals surface area contributed by atoms with Crippen molar-refractivity contribution in [3.05, 3.63) is 52.0 Å². The van der Waals surface area contributed by atoms with E-state index in [0.29, 0.717) is 12.5 Å². The summed E-state index contributed by atoms with van der Waals surface area (Å²) >= 11 is 3.66. The summed E-state index contributed by atoms with van der Waals surface area (Å²) < 4.78 is 0. The lowest BCUT2D eigenvalue weighted by atomic mass is 10.1.